The lowest BCUT2D eigenvalue weighted by atomic mass is 10.2. The van der Waals surface area contributed by atoms with Gasteiger partial charge >= 0.3 is 0 Å². The molecule has 0 atom stereocenters. The molecular weight excluding hydrogens is 186 g/mol. The molecule has 2 heterocycles. The molecule has 1 aromatic rings. The molecule has 0 aromatic carbocycles. The summed E-state index contributed by atoms with van der Waals surface area (Å²) in [6, 6.07) is 6.14. The van der Waals surface area contributed by atoms with Crippen molar-refractivity contribution < 1.29 is 0 Å². The second-order valence-electron chi connectivity index (χ2n) is 4.22. The number of likely N-dealkylation sites (N-methyl/N-ethyl adjacent to an activating group) is 1. The van der Waals surface area contributed by atoms with Gasteiger partial charge in [-0.05, 0) is 19.2 Å². The van der Waals surface area contributed by atoms with Gasteiger partial charge in [-0.15, -0.1) is 0 Å². The summed E-state index contributed by atoms with van der Waals surface area (Å²) < 4.78 is 0. The minimum absolute atomic E-state index is 1.07. The first kappa shape index (κ1) is 10.6. The van der Waals surface area contributed by atoms with Crippen LogP contribution in [0.4, 0.5) is 0 Å². The van der Waals surface area contributed by atoms with Gasteiger partial charge in [-0.3, -0.25) is 4.98 Å². The first-order valence-corrected chi connectivity index (χ1v) is 5.65. The molecule has 3 heteroatoms. The Morgan fingerprint density at radius 3 is 2.67 bits per heavy atom. The standard InChI is InChI=1S/C12H19N3/c1-14-8-10-15(11-9-14)7-5-12-4-2-3-6-13-12/h2-4,6H,5,7-11H2,1H3. The smallest absolute Gasteiger partial charge is 0.0416 e. The number of hydrogen-bond donors (Lipinski definition) is 0. The molecule has 1 aliphatic heterocycles. The lowest BCUT2D eigenvalue weighted by Crippen LogP contribution is -2.45. The number of hydrogen-bond acceptors (Lipinski definition) is 3. The van der Waals surface area contributed by atoms with Crippen molar-refractivity contribution in [1.29, 1.82) is 0 Å². The Morgan fingerprint density at radius 1 is 1.20 bits per heavy atom. The van der Waals surface area contributed by atoms with Crippen molar-refractivity contribution >= 4 is 0 Å². The lowest BCUT2D eigenvalue weighted by Gasteiger charge is -2.32. The maximum absolute atomic E-state index is 4.34. The highest BCUT2D eigenvalue weighted by Crippen LogP contribution is 2.01. The van der Waals surface area contributed by atoms with E-state index >= 15 is 0 Å². The second-order valence-corrected chi connectivity index (χ2v) is 4.22. The Morgan fingerprint density at radius 2 is 2.00 bits per heavy atom. The van der Waals surface area contributed by atoms with Crippen LogP contribution < -0.4 is 0 Å². The summed E-state index contributed by atoms with van der Waals surface area (Å²) in [5.74, 6) is 0. The monoisotopic (exact) mass is 205 g/mol. The Hall–Kier alpha value is -0.930. The fraction of sp³-hybridized carbons (Fsp3) is 0.583. The van der Waals surface area contributed by atoms with Crippen molar-refractivity contribution in [2.75, 3.05) is 39.8 Å². The van der Waals surface area contributed by atoms with E-state index in [0.717, 1.165) is 13.0 Å². The zero-order chi connectivity index (χ0) is 10.5. The molecule has 0 N–H and O–H groups in total. The topological polar surface area (TPSA) is 19.4 Å². The van der Waals surface area contributed by atoms with Crippen LogP contribution in [-0.2, 0) is 6.42 Å². The third-order valence-electron chi connectivity index (χ3n) is 3.01. The van der Waals surface area contributed by atoms with Crippen molar-refractivity contribution in [3.63, 3.8) is 0 Å². The zero-order valence-corrected chi connectivity index (χ0v) is 9.39. The van der Waals surface area contributed by atoms with Gasteiger partial charge in [0.05, 0.1) is 0 Å². The minimum Gasteiger partial charge on any atom is -0.304 e. The average molecular weight is 205 g/mol. The SMILES string of the molecule is CN1CCN(CCc2ccccn2)CC1. The van der Waals surface area contributed by atoms with E-state index in [1.807, 2.05) is 12.3 Å². The van der Waals surface area contributed by atoms with Gasteiger partial charge in [0.15, 0.2) is 0 Å². The van der Waals surface area contributed by atoms with Gasteiger partial charge in [0, 0.05) is 51.0 Å². The Bertz CT molecular complexity index is 278. The van der Waals surface area contributed by atoms with Crippen LogP contribution in [0.15, 0.2) is 24.4 Å². The van der Waals surface area contributed by atoms with Gasteiger partial charge in [0.25, 0.3) is 0 Å². The second kappa shape index (κ2) is 5.24. The molecule has 2 rings (SSSR count). The van der Waals surface area contributed by atoms with Crippen LogP contribution in [0.3, 0.4) is 0 Å². The van der Waals surface area contributed by atoms with Crippen LogP contribution in [0.25, 0.3) is 0 Å². The van der Waals surface area contributed by atoms with Gasteiger partial charge in [0.2, 0.25) is 0 Å². The molecule has 15 heavy (non-hydrogen) atoms. The highest BCUT2D eigenvalue weighted by molar-refractivity contribution is 5.03. The van der Waals surface area contributed by atoms with E-state index in [4.69, 9.17) is 0 Å². The Labute approximate surface area is 91.7 Å². The van der Waals surface area contributed by atoms with Crippen molar-refractivity contribution in [3.05, 3.63) is 30.1 Å². The summed E-state index contributed by atoms with van der Waals surface area (Å²) in [6.45, 7) is 5.93. The molecule has 0 saturated carbocycles. The fourth-order valence-electron chi connectivity index (χ4n) is 1.89. The zero-order valence-electron chi connectivity index (χ0n) is 9.39. The van der Waals surface area contributed by atoms with Gasteiger partial charge < -0.3 is 9.80 Å². The molecule has 3 nitrogen and oxygen atoms in total. The van der Waals surface area contributed by atoms with E-state index in [1.165, 1.54) is 31.9 Å². The van der Waals surface area contributed by atoms with Crippen LogP contribution in [-0.4, -0.2) is 54.6 Å². The molecule has 0 bridgehead atoms. The highest BCUT2D eigenvalue weighted by Gasteiger charge is 2.12. The largest absolute Gasteiger partial charge is 0.304 e. The normalized spacial score (nSPS) is 19.3. The molecule has 0 aliphatic carbocycles. The molecular formula is C12H19N3. The summed E-state index contributed by atoms with van der Waals surface area (Å²) in [5, 5.41) is 0. The van der Waals surface area contributed by atoms with Crippen LogP contribution in [0.2, 0.25) is 0 Å². The molecule has 1 fully saturated rings. The van der Waals surface area contributed by atoms with Crippen LogP contribution in [0.5, 0.6) is 0 Å². The van der Waals surface area contributed by atoms with Crippen molar-refractivity contribution in [1.82, 2.24) is 14.8 Å². The van der Waals surface area contributed by atoms with E-state index in [-0.39, 0.29) is 0 Å². The van der Waals surface area contributed by atoms with Gasteiger partial charge in [-0.25, -0.2) is 0 Å². The predicted molar refractivity (Wildman–Crippen MR) is 61.9 cm³/mol. The molecule has 1 aromatic heterocycles. The summed E-state index contributed by atoms with van der Waals surface area (Å²) in [5.41, 5.74) is 1.21. The van der Waals surface area contributed by atoms with E-state index < -0.39 is 0 Å². The molecule has 82 valence electrons. The van der Waals surface area contributed by atoms with Crippen LogP contribution in [0.1, 0.15) is 5.69 Å². The van der Waals surface area contributed by atoms with E-state index in [2.05, 4.69) is 34.0 Å². The maximum atomic E-state index is 4.34. The molecule has 0 radical (unpaired) electrons. The van der Waals surface area contributed by atoms with Gasteiger partial charge in [-0.2, -0.15) is 0 Å². The van der Waals surface area contributed by atoms with E-state index in [0.29, 0.717) is 0 Å². The van der Waals surface area contributed by atoms with E-state index in [1.54, 1.807) is 0 Å². The molecule has 1 saturated heterocycles. The van der Waals surface area contributed by atoms with E-state index in [9.17, 15) is 0 Å². The Kier molecular flexibility index (Phi) is 3.69. The quantitative estimate of drug-likeness (QED) is 0.730. The first-order chi connectivity index (χ1) is 7.34. The average Bonchev–Trinajstić information content (AvgIpc) is 2.30. The number of nitrogens with zero attached hydrogens (tertiary/aromatic N) is 3. The molecule has 0 amide bonds. The Balaban J connectivity index is 1.74. The predicted octanol–water partition coefficient (Wildman–Crippen LogP) is 0.871. The number of piperazine rings is 1. The molecule has 0 spiro atoms. The number of aromatic nitrogens is 1. The third-order valence-corrected chi connectivity index (χ3v) is 3.01. The summed E-state index contributed by atoms with van der Waals surface area (Å²) in [4.78, 5) is 9.25. The summed E-state index contributed by atoms with van der Waals surface area (Å²) in [6.07, 6.45) is 2.95. The van der Waals surface area contributed by atoms with Crippen LogP contribution in [0, 0.1) is 0 Å². The molecule has 0 unspecified atom stereocenters. The van der Waals surface area contributed by atoms with Gasteiger partial charge in [0.1, 0.15) is 0 Å². The number of pyridine rings is 1. The highest BCUT2D eigenvalue weighted by atomic mass is 15.2. The van der Waals surface area contributed by atoms with Crippen molar-refractivity contribution in [2.24, 2.45) is 0 Å². The number of rotatable bonds is 3. The summed E-state index contributed by atoms with van der Waals surface area (Å²) >= 11 is 0. The third kappa shape index (κ3) is 3.29. The summed E-state index contributed by atoms with van der Waals surface area (Å²) in [7, 11) is 2.19. The van der Waals surface area contributed by atoms with Crippen molar-refractivity contribution in [3.8, 4) is 0 Å². The lowest BCUT2D eigenvalue weighted by molar-refractivity contribution is 0.155. The van der Waals surface area contributed by atoms with Crippen LogP contribution >= 0.6 is 0 Å². The van der Waals surface area contributed by atoms with Gasteiger partial charge in [-0.1, -0.05) is 6.07 Å². The fourth-order valence-corrected chi connectivity index (χ4v) is 1.89. The minimum atomic E-state index is 1.07. The molecule has 1 aliphatic rings. The van der Waals surface area contributed by atoms with Crippen molar-refractivity contribution in [2.45, 2.75) is 6.42 Å². The maximum Gasteiger partial charge on any atom is 0.0416 e. The first-order valence-electron chi connectivity index (χ1n) is 5.65.